The smallest absolute Gasteiger partial charge is 0.245 e. The number of benzene rings is 2. The topological polar surface area (TPSA) is 84.4 Å². The summed E-state index contributed by atoms with van der Waals surface area (Å²) in [5.74, 6) is 1.95. The number of carbonyl (C=O) groups is 2. The quantitative estimate of drug-likeness (QED) is 0.425. The van der Waals surface area contributed by atoms with E-state index in [0.717, 1.165) is 60.3 Å². The van der Waals surface area contributed by atoms with E-state index < -0.39 is 0 Å². The average Bonchev–Trinajstić information content (AvgIpc) is 2.84. The number of ether oxygens (including phenoxy) is 1. The van der Waals surface area contributed by atoms with Gasteiger partial charge in [0.15, 0.2) is 5.78 Å². The number of aromatic nitrogens is 2. The van der Waals surface area contributed by atoms with Crippen LogP contribution in [0.4, 0.5) is 11.5 Å². The summed E-state index contributed by atoms with van der Waals surface area (Å²) in [6.45, 7) is 6.62. The van der Waals surface area contributed by atoms with E-state index in [1.165, 1.54) is 12.4 Å². The fraction of sp³-hybridized carbons (Fsp3) is 0.308. The van der Waals surface area contributed by atoms with Gasteiger partial charge in [-0.2, -0.15) is 0 Å². The van der Waals surface area contributed by atoms with Gasteiger partial charge in [-0.3, -0.25) is 9.59 Å². The van der Waals surface area contributed by atoms with E-state index in [4.69, 9.17) is 4.74 Å². The molecule has 4 rings (SSSR count). The number of likely N-dealkylation sites (tertiary alicyclic amines) is 1. The van der Waals surface area contributed by atoms with Gasteiger partial charge in [-0.1, -0.05) is 18.7 Å². The maximum absolute atomic E-state index is 11.9. The minimum atomic E-state index is -0.00144. The van der Waals surface area contributed by atoms with Crippen LogP contribution in [-0.4, -0.2) is 46.8 Å². The van der Waals surface area contributed by atoms with Crippen molar-refractivity contribution < 1.29 is 14.3 Å². The second kappa shape index (κ2) is 9.81. The van der Waals surface area contributed by atoms with Gasteiger partial charge in [0.2, 0.25) is 5.91 Å². The van der Waals surface area contributed by atoms with Crippen LogP contribution in [0.5, 0.6) is 5.75 Å². The lowest BCUT2D eigenvalue weighted by atomic mass is 9.89. The maximum Gasteiger partial charge on any atom is 0.245 e. The molecule has 170 valence electrons. The molecule has 3 aromatic rings. The number of rotatable bonds is 7. The molecule has 0 radical (unpaired) electrons. The van der Waals surface area contributed by atoms with E-state index in [9.17, 15) is 9.59 Å². The highest BCUT2D eigenvalue weighted by Crippen LogP contribution is 2.33. The highest BCUT2D eigenvalue weighted by atomic mass is 16.5. The Morgan fingerprint density at radius 1 is 1.21 bits per heavy atom. The summed E-state index contributed by atoms with van der Waals surface area (Å²) in [6.07, 6.45) is 5.63. The zero-order chi connectivity index (χ0) is 23.4. The number of amides is 1. The highest BCUT2D eigenvalue weighted by molar-refractivity contribution is 5.96. The van der Waals surface area contributed by atoms with Crippen LogP contribution in [0.15, 0.2) is 55.4 Å². The van der Waals surface area contributed by atoms with Crippen LogP contribution >= 0.6 is 0 Å². The predicted molar refractivity (Wildman–Crippen MR) is 129 cm³/mol. The molecule has 1 N–H and O–H groups in total. The fourth-order valence-electron chi connectivity index (χ4n) is 4.33. The van der Waals surface area contributed by atoms with E-state index in [-0.39, 0.29) is 11.7 Å². The summed E-state index contributed by atoms with van der Waals surface area (Å²) in [7, 11) is 1.67. The standard InChI is InChI=1S/C26H28N4O3/c1-4-25(32)30-10-8-18(9-11-30)12-20-14-22-23(15-24(20)33-3)27-16-28-26(22)29-21-7-5-6-19(13-21)17(2)31/h4-7,13-16,18H,1,8-12H2,2-3H3,(H,27,28,29). The zero-order valence-corrected chi connectivity index (χ0v) is 19.0. The number of carbonyl (C=O) groups excluding carboxylic acids is 2. The minimum Gasteiger partial charge on any atom is -0.496 e. The third-order valence-corrected chi connectivity index (χ3v) is 6.18. The Labute approximate surface area is 193 Å². The second-order valence-corrected chi connectivity index (χ2v) is 8.34. The van der Waals surface area contributed by atoms with E-state index in [1.54, 1.807) is 20.1 Å². The molecule has 1 aromatic heterocycles. The predicted octanol–water partition coefficient (Wildman–Crippen LogP) is 4.55. The summed E-state index contributed by atoms with van der Waals surface area (Å²) in [6, 6.07) is 11.4. The third-order valence-electron chi connectivity index (χ3n) is 6.18. The summed E-state index contributed by atoms with van der Waals surface area (Å²) in [5, 5.41) is 4.23. The molecule has 1 aliphatic rings. The molecule has 33 heavy (non-hydrogen) atoms. The summed E-state index contributed by atoms with van der Waals surface area (Å²) in [5.41, 5.74) is 3.30. The lowest BCUT2D eigenvalue weighted by Crippen LogP contribution is -2.37. The minimum absolute atomic E-state index is 0.00144. The van der Waals surface area contributed by atoms with Crippen LogP contribution in [0, 0.1) is 5.92 Å². The van der Waals surface area contributed by atoms with E-state index in [1.807, 2.05) is 29.2 Å². The maximum atomic E-state index is 11.9. The molecule has 0 atom stereocenters. The molecule has 0 aliphatic carbocycles. The largest absolute Gasteiger partial charge is 0.496 e. The molecule has 0 spiro atoms. The molecule has 2 heterocycles. The number of piperidine rings is 1. The van der Waals surface area contributed by atoms with Gasteiger partial charge < -0.3 is 15.0 Å². The van der Waals surface area contributed by atoms with Gasteiger partial charge >= 0.3 is 0 Å². The first kappa shape index (κ1) is 22.5. The van der Waals surface area contributed by atoms with Crippen molar-refractivity contribution in [2.45, 2.75) is 26.2 Å². The van der Waals surface area contributed by atoms with Gasteiger partial charge in [0, 0.05) is 35.8 Å². The van der Waals surface area contributed by atoms with Gasteiger partial charge in [-0.05, 0) is 61.9 Å². The normalized spacial score (nSPS) is 14.2. The Balaban J connectivity index is 1.60. The number of nitrogens with one attached hydrogen (secondary N) is 1. The molecular weight excluding hydrogens is 416 g/mol. The van der Waals surface area contributed by atoms with Crippen molar-refractivity contribution >= 4 is 34.1 Å². The number of hydrogen-bond donors (Lipinski definition) is 1. The van der Waals surface area contributed by atoms with Gasteiger partial charge in [0.1, 0.15) is 17.9 Å². The Morgan fingerprint density at radius 2 is 2.00 bits per heavy atom. The van der Waals surface area contributed by atoms with Gasteiger partial charge in [0.05, 0.1) is 12.6 Å². The molecule has 0 saturated carbocycles. The number of nitrogens with zero attached hydrogens (tertiary/aromatic N) is 3. The Morgan fingerprint density at radius 3 is 2.70 bits per heavy atom. The fourth-order valence-corrected chi connectivity index (χ4v) is 4.33. The Kier molecular flexibility index (Phi) is 6.68. The van der Waals surface area contributed by atoms with Crippen molar-refractivity contribution in [2.75, 3.05) is 25.5 Å². The molecule has 0 unspecified atom stereocenters. The molecule has 7 heteroatoms. The highest BCUT2D eigenvalue weighted by Gasteiger charge is 2.23. The van der Waals surface area contributed by atoms with Gasteiger partial charge in [-0.25, -0.2) is 9.97 Å². The van der Waals surface area contributed by atoms with Crippen LogP contribution < -0.4 is 10.1 Å². The van der Waals surface area contributed by atoms with Crippen molar-refractivity contribution in [3.63, 3.8) is 0 Å². The van der Waals surface area contributed by atoms with Crippen molar-refractivity contribution in [1.82, 2.24) is 14.9 Å². The van der Waals surface area contributed by atoms with E-state index in [2.05, 4.69) is 27.9 Å². The molecule has 1 aliphatic heterocycles. The van der Waals surface area contributed by atoms with Crippen LogP contribution in [0.2, 0.25) is 0 Å². The number of ketones is 1. The molecule has 2 aromatic carbocycles. The first-order valence-corrected chi connectivity index (χ1v) is 11.1. The van der Waals surface area contributed by atoms with Crippen molar-refractivity contribution in [1.29, 1.82) is 0 Å². The number of Topliss-reactive ketones (excluding diaryl/α,β-unsaturated/α-hetero) is 1. The third kappa shape index (κ3) is 5.03. The van der Waals surface area contributed by atoms with Gasteiger partial charge in [0.25, 0.3) is 0 Å². The van der Waals surface area contributed by atoms with Crippen molar-refractivity contribution in [3.8, 4) is 5.75 Å². The van der Waals surface area contributed by atoms with Crippen LogP contribution in [0.25, 0.3) is 10.9 Å². The van der Waals surface area contributed by atoms with Gasteiger partial charge in [-0.15, -0.1) is 0 Å². The SMILES string of the molecule is C=CC(=O)N1CCC(Cc2cc3c(Nc4cccc(C(C)=O)c4)ncnc3cc2OC)CC1. The Hall–Kier alpha value is -3.74. The van der Waals surface area contributed by atoms with E-state index in [0.29, 0.717) is 17.3 Å². The first-order chi connectivity index (χ1) is 16.0. The Bertz CT molecular complexity index is 1200. The summed E-state index contributed by atoms with van der Waals surface area (Å²) in [4.78, 5) is 34.4. The van der Waals surface area contributed by atoms with Crippen LogP contribution in [0.1, 0.15) is 35.7 Å². The lowest BCUT2D eigenvalue weighted by molar-refractivity contribution is -0.127. The van der Waals surface area contributed by atoms with E-state index >= 15 is 0 Å². The molecule has 1 saturated heterocycles. The second-order valence-electron chi connectivity index (χ2n) is 8.34. The zero-order valence-electron chi connectivity index (χ0n) is 19.0. The van der Waals surface area contributed by atoms with Crippen LogP contribution in [0.3, 0.4) is 0 Å². The van der Waals surface area contributed by atoms with Crippen molar-refractivity contribution in [2.24, 2.45) is 5.92 Å². The average molecular weight is 445 g/mol. The monoisotopic (exact) mass is 444 g/mol. The summed E-state index contributed by atoms with van der Waals surface area (Å²) < 4.78 is 5.68. The molecular formula is C26H28N4O3. The molecule has 1 amide bonds. The number of hydrogen-bond acceptors (Lipinski definition) is 6. The first-order valence-electron chi connectivity index (χ1n) is 11.1. The lowest BCUT2D eigenvalue weighted by Gasteiger charge is -2.31. The molecule has 7 nitrogen and oxygen atoms in total. The molecule has 1 fully saturated rings. The molecule has 0 bridgehead atoms. The number of anilines is 2. The summed E-state index contributed by atoms with van der Waals surface area (Å²) >= 11 is 0. The number of methoxy groups -OCH3 is 1. The van der Waals surface area contributed by atoms with Crippen LogP contribution in [-0.2, 0) is 11.2 Å². The number of fused-ring (bicyclic) bond motifs is 1. The van der Waals surface area contributed by atoms with Crippen molar-refractivity contribution in [3.05, 3.63) is 66.5 Å².